The topological polar surface area (TPSA) is 232 Å². The number of aliphatic hydroxyl groups is 1. The molecule has 8 rings (SSSR count). The van der Waals surface area contributed by atoms with E-state index in [2.05, 4.69) is 0 Å². The number of carbonyl (C=O) groups is 2. The normalized spacial score (nSPS) is 18.9. The third-order valence-corrected chi connectivity index (χ3v) is 12.5. The van der Waals surface area contributed by atoms with E-state index in [1.807, 2.05) is 23.9 Å². The van der Waals surface area contributed by atoms with Gasteiger partial charge in [-0.05, 0) is 64.3 Å². The first kappa shape index (κ1) is 50.3. The molecule has 0 spiro atoms. The summed E-state index contributed by atoms with van der Waals surface area (Å²) < 4.78 is 17.9. The van der Waals surface area contributed by atoms with E-state index < -0.39 is 40.9 Å². The van der Waals surface area contributed by atoms with Crippen LogP contribution in [-0.2, 0) is 14.3 Å². The van der Waals surface area contributed by atoms with Gasteiger partial charge in [0.05, 0.1) is 28.0 Å². The van der Waals surface area contributed by atoms with E-state index in [-0.39, 0.29) is 74.3 Å². The number of fused-ring (bicyclic) bond motifs is 2. The lowest BCUT2D eigenvalue weighted by Gasteiger charge is -2.37. The van der Waals surface area contributed by atoms with Crippen LogP contribution in [-0.4, -0.2) is 105 Å². The van der Waals surface area contributed by atoms with Gasteiger partial charge in [-0.25, -0.2) is 0 Å². The smallest absolute Gasteiger partial charge is 0.308 e. The molecule has 0 radical (unpaired) electrons. The van der Waals surface area contributed by atoms with E-state index in [1.165, 1.54) is 12.1 Å². The van der Waals surface area contributed by atoms with Crippen molar-refractivity contribution in [2.75, 3.05) is 40.3 Å². The van der Waals surface area contributed by atoms with Gasteiger partial charge in [-0.15, -0.1) is 0 Å². The van der Waals surface area contributed by atoms with Crippen LogP contribution in [0.4, 0.5) is 0 Å². The minimum Gasteiger partial charge on any atom is -0.507 e. The monoisotopic (exact) mass is 960 g/mol. The minimum atomic E-state index is -0.744. The molecule has 0 aliphatic carbocycles. The third-order valence-electron chi connectivity index (χ3n) is 11.8. The second-order valence-corrected chi connectivity index (χ2v) is 18.3. The lowest BCUT2D eigenvalue weighted by Crippen LogP contribution is -2.43. The first-order valence-electron chi connectivity index (χ1n) is 21.7. The number of phenols is 4. The van der Waals surface area contributed by atoms with Gasteiger partial charge in [0.15, 0.2) is 10.9 Å². The number of hydrogen-bond donors (Lipinski definition) is 6. The van der Waals surface area contributed by atoms with E-state index in [1.54, 1.807) is 76.2 Å². The lowest BCUT2D eigenvalue weighted by atomic mass is 9.85. The van der Waals surface area contributed by atoms with Crippen LogP contribution >= 0.6 is 23.2 Å². The molecule has 4 heterocycles. The van der Waals surface area contributed by atoms with Gasteiger partial charge in [0.1, 0.15) is 62.6 Å². The van der Waals surface area contributed by atoms with Crippen LogP contribution in [0, 0.1) is 11.8 Å². The Morgan fingerprint density at radius 3 is 1.49 bits per heavy atom. The highest BCUT2D eigenvalue weighted by Gasteiger charge is 2.37. The number of β-amino-alcohol motifs (C(OH)–C–C–N with tert-alkyl or cyclic N) is 1. The number of aliphatic hydroxyl groups excluding tert-OH is 1. The molecule has 4 aromatic carbocycles. The Bertz CT molecular complexity index is 2910. The van der Waals surface area contributed by atoms with Crippen LogP contribution in [0.3, 0.4) is 0 Å². The Hall–Kier alpha value is -6.10. The largest absolute Gasteiger partial charge is 0.507 e. The Labute approximate surface area is 396 Å². The molecule has 4 atom stereocenters. The van der Waals surface area contributed by atoms with Gasteiger partial charge in [-0.1, -0.05) is 75.2 Å². The molecule has 2 fully saturated rings. The van der Waals surface area contributed by atoms with Crippen molar-refractivity contribution in [1.29, 1.82) is 0 Å². The minimum absolute atomic E-state index is 0.0188. The van der Waals surface area contributed by atoms with Gasteiger partial charge in [0.2, 0.25) is 0 Å². The van der Waals surface area contributed by atoms with Crippen LogP contribution in [0.2, 0.25) is 10.0 Å². The molecule has 2 aliphatic rings. The highest BCUT2D eigenvalue weighted by atomic mass is 35.5. The number of rotatable bonds is 7. The zero-order valence-electron chi connectivity index (χ0n) is 37.8. The molecule has 6 aromatic rings. The number of esters is 1. The number of benzene rings is 4. The van der Waals surface area contributed by atoms with Gasteiger partial charge in [0.25, 0.3) is 0 Å². The number of likely N-dealkylation sites (N-methyl/N-ethyl adjacent to an activating group) is 2. The maximum atomic E-state index is 13.0. The Kier molecular flexibility index (Phi) is 16.0. The van der Waals surface area contributed by atoms with Crippen LogP contribution in [0.25, 0.3) is 44.6 Å². The fourth-order valence-electron chi connectivity index (χ4n) is 8.18. The van der Waals surface area contributed by atoms with Gasteiger partial charge >= 0.3 is 11.9 Å². The van der Waals surface area contributed by atoms with Gasteiger partial charge < -0.3 is 54.0 Å². The fraction of sp³-hybridized carbons (Fsp3) is 0.360. The number of piperidine rings is 2. The number of halogens is 2. The van der Waals surface area contributed by atoms with Gasteiger partial charge in [0, 0.05) is 71.4 Å². The summed E-state index contributed by atoms with van der Waals surface area (Å²) in [5.74, 6) is -3.22. The number of carbonyl (C=O) groups excluding carboxylic acids is 1. The van der Waals surface area contributed by atoms with E-state index in [9.17, 15) is 44.7 Å². The van der Waals surface area contributed by atoms with Crippen molar-refractivity contribution in [2.24, 2.45) is 11.8 Å². The maximum absolute atomic E-state index is 13.0. The van der Waals surface area contributed by atoms with Gasteiger partial charge in [-0.2, -0.15) is 0 Å². The Morgan fingerprint density at radius 1 is 0.657 bits per heavy atom. The van der Waals surface area contributed by atoms with Crippen LogP contribution in [0.15, 0.2) is 91.2 Å². The van der Waals surface area contributed by atoms with E-state index >= 15 is 0 Å². The number of likely N-dealkylation sites (tertiary alicyclic amines) is 2. The number of hydrogen-bond acceptors (Lipinski definition) is 14. The van der Waals surface area contributed by atoms with Crippen LogP contribution in [0.5, 0.6) is 23.0 Å². The standard InChI is InChI=1S/C25H26ClNO6.C21H20ClNO5.C4H8O2/c1-13(2)25(31)33-21-12-27(3)9-8-15(21)22-17(28)10-18(29)23-19(30)11-20(32-24(22)23)14-6-4-5-7-16(14)26;1-23-7-6-12(17(27)10-23)19-14(24)8-15(25)20-16(26)9-18(28-21(19)20)11-4-2-3-5-13(11)22;1-3(2)4(5)6/h4-7,10-11,13,15,21,28-29H,8-9,12H2,1-3H3;2-5,8-9,12,17,24-25,27H,6-7,10H2,1H3;3H,1-2H3,(H,5,6)/t15-,21+;12-,17+;/m00./s1. The number of carboxylic acids is 1. The fourth-order valence-corrected chi connectivity index (χ4v) is 8.64. The van der Waals surface area contributed by atoms with Crippen LogP contribution in [0.1, 0.15) is 63.5 Å². The molecule has 2 aliphatic heterocycles. The van der Waals surface area contributed by atoms with Crippen molar-refractivity contribution in [1.82, 2.24) is 9.80 Å². The summed E-state index contributed by atoms with van der Waals surface area (Å²) in [6.07, 6.45) is -0.177. The molecule has 0 saturated carbocycles. The molecular weight excluding hydrogens is 907 g/mol. The number of carboxylic acid groups (broad SMARTS) is 1. The first-order chi connectivity index (χ1) is 31.7. The number of aliphatic carboxylic acids is 1. The number of ether oxygens (including phenoxy) is 1. The Balaban J connectivity index is 0.000000199. The van der Waals surface area contributed by atoms with Crippen molar-refractivity contribution in [3.8, 4) is 45.6 Å². The van der Waals surface area contributed by atoms with E-state index in [0.717, 1.165) is 18.7 Å². The molecule has 2 aromatic heterocycles. The molecule has 0 unspecified atom stereocenters. The first-order valence-corrected chi connectivity index (χ1v) is 22.5. The summed E-state index contributed by atoms with van der Waals surface area (Å²) in [4.78, 5) is 51.9. The SMILES string of the molecule is CC(C)C(=O)O.CC(C)C(=O)O[C@@H]1CN(C)CC[C@@H]1c1c(O)cc(O)c2c(=O)cc(-c3ccccc3Cl)oc12.CN1CC[C@H](c2c(O)cc(O)c3c(=O)cc(-c4ccccc4Cl)oc23)[C@H](O)C1. The summed E-state index contributed by atoms with van der Waals surface area (Å²) in [5.41, 5.74) is 0.941. The molecule has 6 N–H and O–H groups in total. The summed E-state index contributed by atoms with van der Waals surface area (Å²) in [5, 5.41) is 61.5. The quantitative estimate of drug-likeness (QED) is 0.0823. The van der Waals surface area contributed by atoms with Crippen molar-refractivity contribution >= 4 is 57.1 Å². The molecule has 356 valence electrons. The van der Waals surface area contributed by atoms with Crippen molar-refractivity contribution in [3.05, 3.63) is 114 Å². The molecular formula is C50H54Cl2N2O13. The van der Waals surface area contributed by atoms with Crippen molar-refractivity contribution in [3.63, 3.8) is 0 Å². The second kappa shape index (κ2) is 21.2. The highest BCUT2D eigenvalue weighted by molar-refractivity contribution is 6.33. The van der Waals surface area contributed by atoms with Crippen molar-refractivity contribution in [2.45, 2.75) is 64.6 Å². The third kappa shape index (κ3) is 11.2. The highest BCUT2D eigenvalue weighted by Crippen LogP contribution is 2.45. The second-order valence-electron chi connectivity index (χ2n) is 17.5. The van der Waals surface area contributed by atoms with Gasteiger partial charge in [-0.3, -0.25) is 19.2 Å². The Morgan fingerprint density at radius 2 is 1.07 bits per heavy atom. The maximum Gasteiger partial charge on any atom is 0.308 e. The van der Waals surface area contributed by atoms with E-state index in [4.69, 9.17) is 41.9 Å². The number of aromatic hydroxyl groups is 4. The number of nitrogens with zero attached hydrogens (tertiary/aromatic N) is 2. The molecule has 0 bridgehead atoms. The lowest BCUT2D eigenvalue weighted by molar-refractivity contribution is -0.156. The summed E-state index contributed by atoms with van der Waals surface area (Å²) in [6.45, 7) is 9.10. The molecule has 15 nitrogen and oxygen atoms in total. The summed E-state index contributed by atoms with van der Waals surface area (Å²) in [7, 11) is 3.83. The average molecular weight is 962 g/mol. The van der Waals surface area contributed by atoms with Crippen molar-refractivity contribution < 1.29 is 53.8 Å². The zero-order valence-corrected chi connectivity index (χ0v) is 39.3. The summed E-state index contributed by atoms with van der Waals surface area (Å²) in [6, 6.07) is 18.7. The average Bonchev–Trinajstić information content (AvgIpc) is 3.25. The molecule has 67 heavy (non-hydrogen) atoms. The molecule has 2 saturated heterocycles. The zero-order chi connectivity index (χ0) is 49.0. The van der Waals surface area contributed by atoms with Crippen LogP contribution < -0.4 is 10.9 Å². The predicted molar refractivity (Wildman–Crippen MR) is 255 cm³/mol. The predicted octanol–water partition coefficient (Wildman–Crippen LogP) is 8.54. The van der Waals surface area contributed by atoms with E-state index in [0.29, 0.717) is 64.8 Å². The molecule has 17 heteroatoms. The summed E-state index contributed by atoms with van der Waals surface area (Å²) >= 11 is 12.6. The number of phenolic OH excluding ortho intramolecular Hbond substituents is 4. The molecule has 0 amide bonds.